The molecule has 15 heavy (non-hydrogen) atoms. The van der Waals surface area contributed by atoms with Crippen LogP contribution in [-0.2, 0) is 6.61 Å². The Labute approximate surface area is 86.3 Å². The van der Waals surface area contributed by atoms with E-state index in [9.17, 15) is 4.39 Å². The molecule has 2 aromatic rings. The van der Waals surface area contributed by atoms with E-state index in [-0.39, 0.29) is 6.61 Å². The monoisotopic (exact) mass is 204 g/mol. The third-order valence-corrected chi connectivity index (χ3v) is 2.12. The second-order valence-corrected chi connectivity index (χ2v) is 3.06. The third-order valence-electron chi connectivity index (χ3n) is 2.12. The van der Waals surface area contributed by atoms with Crippen LogP contribution in [0.4, 0.5) is 4.39 Å². The predicted molar refractivity (Wildman–Crippen MR) is 53.3 cm³/mol. The SMILES string of the molecule is OCc1cc(F)ncc1-c1ccncc1. The van der Waals surface area contributed by atoms with Gasteiger partial charge in [-0.2, -0.15) is 4.39 Å². The highest BCUT2D eigenvalue weighted by Gasteiger charge is 2.06. The van der Waals surface area contributed by atoms with Crippen molar-refractivity contribution in [1.82, 2.24) is 9.97 Å². The Morgan fingerprint density at radius 1 is 1.27 bits per heavy atom. The minimum atomic E-state index is -0.586. The number of nitrogens with zero attached hydrogens (tertiary/aromatic N) is 2. The first-order valence-electron chi connectivity index (χ1n) is 4.47. The average molecular weight is 204 g/mol. The van der Waals surface area contributed by atoms with Crippen LogP contribution >= 0.6 is 0 Å². The van der Waals surface area contributed by atoms with Crippen molar-refractivity contribution in [2.45, 2.75) is 6.61 Å². The van der Waals surface area contributed by atoms with Crippen LogP contribution in [0.1, 0.15) is 5.56 Å². The maximum Gasteiger partial charge on any atom is 0.213 e. The van der Waals surface area contributed by atoms with Gasteiger partial charge in [0.25, 0.3) is 0 Å². The Morgan fingerprint density at radius 2 is 2.00 bits per heavy atom. The van der Waals surface area contributed by atoms with Gasteiger partial charge in [0.2, 0.25) is 5.95 Å². The van der Waals surface area contributed by atoms with Crippen molar-refractivity contribution in [1.29, 1.82) is 0 Å². The van der Waals surface area contributed by atoms with Gasteiger partial charge in [-0.05, 0) is 29.3 Å². The van der Waals surface area contributed by atoms with E-state index >= 15 is 0 Å². The first kappa shape index (κ1) is 9.73. The van der Waals surface area contributed by atoms with E-state index in [2.05, 4.69) is 9.97 Å². The normalized spacial score (nSPS) is 10.3. The van der Waals surface area contributed by atoms with E-state index in [0.29, 0.717) is 5.56 Å². The summed E-state index contributed by atoms with van der Waals surface area (Å²) in [6.07, 6.45) is 4.69. The van der Waals surface area contributed by atoms with Crippen LogP contribution < -0.4 is 0 Å². The van der Waals surface area contributed by atoms with Crippen molar-refractivity contribution in [3.05, 3.63) is 48.3 Å². The summed E-state index contributed by atoms with van der Waals surface area (Å²) in [4.78, 5) is 7.45. The molecule has 0 saturated carbocycles. The number of hydrogen-bond acceptors (Lipinski definition) is 3. The molecule has 0 bridgehead atoms. The van der Waals surface area contributed by atoms with Crippen LogP contribution in [0, 0.1) is 5.95 Å². The average Bonchev–Trinajstić information content (AvgIpc) is 2.30. The van der Waals surface area contributed by atoms with Gasteiger partial charge in [-0.1, -0.05) is 0 Å². The van der Waals surface area contributed by atoms with Gasteiger partial charge in [-0.25, -0.2) is 4.98 Å². The van der Waals surface area contributed by atoms with Crippen molar-refractivity contribution in [2.24, 2.45) is 0 Å². The van der Waals surface area contributed by atoms with Gasteiger partial charge in [0, 0.05) is 24.2 Å². The number of aliphatic hydroxyl groups is 1. The van der Waals surface area contributed by atoms with Crippen LogP contribution in [0.25, 0.3) is 11.1 Å². The van der Waals surface area contributed by atoms with Crippen molar-refractivity contribution < 1.29 is 9.50 Å². The Morgan fingerprint density at radius 3 is 2.67 bits per heavy atom. The molecular formula is C11H9FN2O. The van der Waals surface area contributed by atoms with E-state index in [4.69, 9.17) is 5.11 Å². The van der Waals surface area contributed by atoms with Gasteiger partial charge in [0.05, 0.1) is 6.61 Å². The lowest BCUT2D eigenvalue weighted by molar-refractivity contribution is 0.281. The molecule has 0 aliphatic carbocycles. The molecule has 0 aliphatic rings. The van der Waals surface area contributed by atoms with Gasteiger partial charge >= 0.3 is 0 Å². The zero-order valence-corrected chi connectivity index (χ0v) is 7.89. The summed E-state index contributed by atoms with van der Waals surface area (Å²) in [6.45, 7) is -0.211. The Hall–Kier alpha value is -1.81. The third kappa shape index (κ3) is 1.99. The lowest BCUT2D eigenvalue weighted by Crippen LogP contribution is -1.93. The van der Waals surface area contributed by atoms with Gasteiger partial charge in [0.15, 0.2) is 0 Å². The number of pyridine rings is 2. The zero-order valence-electron chi connectivity index (χ0n) is 7.89. The molecule has 76 valence electrons. The summed E-state index contributed by atoms with van der Waals surface area (Å²) >= 11 is 0. The first-order valence-corrected chi connectivity index (χ1v) is 4.47. The molecule has 0 radical (unpaired) electrons. The summed E-state index contributed by atoms with van der Waals surface area (Å²) in [5, 5.41) is 9.09. The maximum atomic E-state index is 12.8. The molecule has 2 rings (SSSR count). The number of aromatic nitrogens is 2. The standard InChI is InChI=1S/C11H9FN2O/c12-11-5-9(7-15)10(6-14-11)8-1-3-13-4-2-8/h1-6,15H,7H2. The minimum absolute atomic E-state index is 0.211. The Balaban J connectivity index is 2.53. The lowest BCUT2D eigenvalue weighted by Gasteiger charge is -2.06. The van der Waals surface area contributed by atoms with Gasteiger partial charge in [-0.3, -0.25) is 4.98 Å². The predicted octanol–water partition coefficient (Wildman–Crippen LogP) is 1.77. The largest absolute Gasteiger partial charge is 0.392 e. The Bertz CT molecular complexity index is 459. The lowest BCUT2D eigenvalue weighted by atomic mass is 10.0. The summed E-state index contributed by atoms with van der Waals surface area (Å²) in [5.74, 6) is -0.586. The van der Waals surface area contributed by atoms with Crippen LogP contribution in [0.5, 0.6) is 0 Å². The smallest absolute Gasteiger partial charge is 0.213 e. The summed E-state index contributed by atoms with van der Waals surface area (Å²) in [5.41, 5.74) is 2.11. The van der Waals surface area contributed by atoms with Crippen molar-refractivity contribution >= 4 is 0 Å². The van der Waals surface area contributed by atoms with Crippen LogP contribution in [0.2, 0.25) is 0 Å². The van der Waals surface area contributed by atoms with Gasteiger partial charge < -0.3 is 5.11 Å². The van der Waals surface area contributed by atoms with E-state index in [0.717, 1.165) is 11.1 Å². The van der Waals surface area contributed by atoms with E-state index in [1.165, 1.54) is 12.3 Å². The molecule has 0 atom stereocenters. The summed E-state index contributed by atoms with van der Waals surface area (Å²) in [7, 11) is 0. The first-order chi connectivity index (χ1) is 7.31. The number of hydrogen-bond donors (Lipinski definition) is 1. The fraction of sp³-hybridized carbons (Fsp3) is 0.0909. The molecule has 1 N–H and O–H groups in total. The van der Waals surface area contributed by atoms with Crippen molar-refractivity contribution in [2.75, 3.05) is 0 Å². The highest BCUT2D eigenvalue weighted by atomic mass is 19.1. The fourth-order valence-corrected chi connectivity index (χ4v) is 1.39. The molecule has 0 saturated heterocycles. The number of rotatable bonds is 2. The number of halogens is 1. The zero-order chi connectivity index (χ0) is 10.7. The number of aliphatic hydroxyl groups excluding tert-OH is 1. The van der Waals surface area contributed by atoms with Crippen LogP contribution in [0.15, 0.2) is 36.8 Å². The quantitative estimate of drug-likeness (QED) is 0.758. The molecule has 0 spiro atoms. The molecule has 2 aromatic heterocycles. The topological polar surface area (TPSA) is 46.0 Å². The van der Waals surface area contributed by atoms with Crippen LogP contribution in [0.3, 0.4) is 0 Å². The molecule has 3 nitrogen and oxygen atoms in total. The molecule has 0 fully saturated rings. The van der Waals surface area contributed by atoms with E-state index in [1.807, 2.05) is 0 Å². The highest BCUT2D eigenvalue weighted by molar-refractivity contribution is 5.65. The molecular weight excluding hydrogens is 195 g/mol. The summed E-state index contributed by atoms with van der Waals surface area (Å²) in [6, 6.07) is 4.80. The Kier molecular flexibility index (Phi) is 2.69. The molecule has 2 heterocycles. The molecule has 4 heteroatoms. The fourth-order valence-electron chi connectivity index (χ4n) is 1.39. The van der Waals surface area contributed by atoms with Crippen molar-refractivity contribution in [3.8, 4) is 11.1 Å². The summed E-state index contributed by atoms with van der Waals surface area (Å²) < 4.78 is 12.8. The molecule has 0 aromatic carbocycles. The van der Waals surface area contributed by atoms with Crippen molar-refractivity contribution in [3.63, 3.8) is 0 Å². The van der Waals surface area contributed by atoms with Gasteiger partial charge in [-0.15, -0.1) is 0 Å². The van der Waals surface area contributed by atoms with Crippen LogP contribution in [-0.4, -0.2) is 15.1 Å². The van der Waals surface area contributed by atoms with E-state index in [1.54, 1.807) is 24.5 Å². The molecule has 0 amide bonds. The maximum absolute atomic E-state index is 12.8. The highest BCUT2D eigenvalue weighted by Crippen LogP contribution is 2.22. The second-order valence-electron chi connectivity index (χ2n) is 3.06. The molecule has 0 aliphatic heterocycles. The van der Waals surface area contributed by atoms with Gasteiger partial charge in [0.1, 0.15) is 0 Å². The molecule has 0 unspecified atom stereocenters. The second kappa shape index (κ2) is 4.14. The minimum Gasteiger partial charge on any atom is -0.392 e. The van der Waals surface area contributed by atoms with E-state index < -0.39 is 5.95 Å².